The second-order valence-corrected chi connectivity index (χ2v) is 12.4. The summed E-state index contributed by atoms with van der Waals surface area (Å²) in [5.74, 6) is -0.740. The van der Waals surface area contributed by atoms with Gasteiger partial charge in [-0.05, 0) is 51.7 Å². The number of esters is 2. The number of halogens is 1. The maximum atomic E-state index is 13.0. The van der Waals surface area contributed by atoms with Gasteiger partial charge in [0.05, 0.1) is 18.1 Å². The van der Waals surface area contributed by atoms with Crippen molar-refractivity contribution in [1.82, 2.24) is 10.3 Å². The highest BCUT2D eigenvalue weighted by Crippen LogP contribution is 2.36. The molecule has 2 N–H and O–H groups in total. The number of epoxide rings is 1. The molecule has 1 saturated heterocycles. The van der Waals surface area contributed by atoms with Gasteiger partial charge in [0.1, 0.15) is 23.7 Å². The van der Waals surface area contributed by atoms with Crippen LogP contribution in [0.15, 0.2) is 40.4 Å². The monoisotopic (exact) mass is 690 g/mol. The molecule has 0 unspecified atom stereocenters. The third-order valence-electron chi connectivity index (χ3n) is 7.70. The van der Waals surface area contributed by atoms with Crippen LogP contribution in [0.5, 0.6) is 0 Å². The Balaban J connectivity index is 1.75. The van der Waals surface area contributed by atoms with Gasteiger partial charge in [0.15, 0.2) is 12.2 Å². The van der Waals surface area contributed by atoms with Crippen LogP contribution in [0, 0.1) is 6.92 Å². The minimum absolute atomic E-state index is 0.137. The summed E-state index contributed by atoms with van der Waals surface area (Å²) < 4.78 is 28.1. The first-order valence-electron chi connectivity index (χ1n) is 16.5. The van der Waals surface area contributed by atoms with E-state index in [1.165, 1.54) is 12.2 Å². The number of hydrogen-bond acceptors (Lipinski definition) is 11. The number of cyclic esters (lactones) is 1. The third kappa shape index (κ3) is 13.4. The Labute approximate surface area is 286 Å². The van der Waals surface area contributed by atoms with E-state index in [2.05, 4.69) is 11.9 Å². The van der Waals surface area contributed by atoms with E-state index in [0.29, 0.717) is 43.0 Å². The van der Waals surface area contributed by atoms with Crippen LogP contribution in [0.25, 0.3) is 12.2 Å². The number of rotatable bonds is 13. The summed E-state index contributed by atoms with van der Waals surface area (Å²) in [6.07, 6.45) is 11.0. The highest BCUT2D eigenvalue weighted by atomic mass is 35.5. The number of imide groups is 1. The molecule has 3 rings (SSSR count). The zero-order chi connectivity index (χ0) is 35.1. The fraction of sp³-hybridized carbons (Fsp3) is 0.571. The Bertz CT molecular complexity index is 1370. The SMILES string of the molecule is CCCCCCCC(=O)OCCC=C[C@H](Cl)[C@H](O)[C@@H]1OC(=O)C=CC=Cc2nc(oc2C)C=C(C)CC[C@H]2O[C@H]2[C@H]1OC(=O)NC(C)=O. The Morgan fingerprint density at radius 2 is 1.92 bits per heavy atom. The minimum atomic E-state index is -1.57. The molecule has 2 aliphatic rings. The first-order chi connectivity index (χ1) is 23.0. The van der Waals surface area contributed by atoms with Crippen molar-refractivity contribution < 1.29 is 47.6 Å². The minimum Gasteiger partial charge on any atom is -0.465 e. The van der Waals surface area contributed by atoms with E-state index in [4.69, 9.17) is 35.0 Å². The van der Waals surface area contributed by atoms with Gasteiger partial charge in [-0.15, -0.1) is 11.6 Å². The van der Waals surface area contributed by atoms with E-state index in [9.17, 15) is 24.3 Å². The van der Waals surface area contributed by atoms with Crippen LogP contribution in [0.1, 0.15) is 95.9 Å². The molecular formula is C35H47ClN2O10. The number of carbonyl (C=O) groups excluding carboxylic acids is 4. The molecule has 1 fully saturated rings. The Morgan fingerprint density at radius 3 is 2.67 bits per heavy atom. The second-order valence-electron chi connectivity index (χ2n) is 11.9. The van der Waals surface area contributed by atoms with Crippen LogP contribution < -0.4 is 5.32 Å². The quantitative estimate of drug-likeness (QED) is 0.0633. The maximum absolute atomic E-state index is 13.0. The fourth-order valence-corrected chi connectivity index (χ4v) is 5.33. The number of oxazole rings is 1. The number of aliphatic hydroxyl groups is 1. The molecule has 12 nitrogen and oxygen atoms in total. The van der Waals surface area contributed by atoms with E-state index in [1.807, 2.05) is 18.3 Å². The number of fused-ring (bicyclic) bond motifs is 3. The summed E-state index contributed by atoms with van der Waals surface area (Å²) in [6, 6.07) is 0. The molecule has 3 heterocycles. The number of hydrogen-bond donors (Lipinski definition) is 2. The molecule has 2 amide bonds. The van der Waals surface area contributed by atoms with Crippen molar-refractivity contribution in [1.29, 1.82) is 0 Å². The Kier molecular flexibility index (Phi) is 16.1. The zero-order valence-electron chi connectivity index (χ0n) is 28.0. The number of alkyl carbamates (subject to hydrolysis) is 1. The normalized spacial score (nSPS) is 22.5. The summed E-state index contributed by atoms with van der Waals surface area (Å²) >= 11 is 6.56. The van der Waals surface area contributed by atoms with Gasteiger partial charge in [-0.3, -0.25) is 14.9 Å². The standard InChI is InChI=1S/C35H47ClN2O10/c1-5-6-7-8-9-16-29(40)44-20-13-12-14-25(36)31(42)33-34(48-35(43)37-24(4)39)32-27(46-32)19-18-22(2)21-28-38-26(23(3)45-28)15-10-11-17-30(41)47-33/h10-12,14-15,17,21,25,27,31-34,42H,5-9,13,16,18-20H2,1-4H3,(H,37,39,43)/t25-,27+,31-,32+,33-,34+/m0/s1. The summed E-state index contributed by atoms with van der Waals surface area (Å²) in [7, 11) is 0. The van der Waals surface area contributed by atoms with Crippen LogP contribution >= 0.6 is 11.6 Å². The number of aliphatic hydroxyl groups excluding tert-OH is 1. The number of unbranched alkanes of at least 4 members (excludes halogenated alkanes) is 4. The number of amides is 2. The summed E-state index contributed by atoms with van der Waals surface area (Å²) in [5, 5.41) is 12.3. The molecule has 264 valence electrons. The molecule has 48 heavy (non-hydrogen) atoms. The lowest BCUT2D eigenvalue weighted by Crippen LogP contribution is -2.51. The highest BCUT2D eigenvalue weighted by Gasteiger charge is 2.53. The lowest BCUT2D eigenvalue weighted by Gasteiger charge is -2.30. The van der Waals surface area contributed by atoms with E-state index >= 15 is 0 Å². The van der Waals surface area contributed by atoms with Gasteiger partial charge < -0.3 is 28.5 Å². The van der Waals surface area contributed by atoms with Gasteiger partial charge in [-0.25, -0.2) is 14.6 Å². The molecule has 6 atom stereocenters. The fourth-order valence-electron chi connectivity index (χ4n) is 5.09. The largest absolute Gasteiger partial charge is 0.465 e. The zero-order valence-corrected chi connectivity index (χ0v) is 28.8. The van der Waals surface area contributed by atoms with Gasteiger partial charge in [0.25, 0.3) is 0 Å². The lowest BCUT2D eigenvalue weighted by atomic mass is 9.98. The van der Waals surface area contributed by atoms with Crippen molar-refractivity contribution in [3.63, 3.8) is 0 Å². The average Bonchev–Trinajstić information content (AvgIpc) is 3.72. The lowest BCUT2D eigenvalue weighted by molar-refractivity contribution is -0.159. The van der Waals surface area contributed by atoms with Crippen LogP contribution in [0.4, 0.5) is 4.79 Å². The first-order valence-corrected chi connectivity index (χ1v) is 16.9. The second kappa shape index (κ2) is 19.9. The number of carbonyl (C=O) groups is 4. The molecule has 0 aliphatic carbocycles. The van der Waals surface area contributed by atoms with Crippen molar-refractivity contribution in [2.45, 2.75) is 121 Å². The summed E-state index contributed by atoms with van der Waals surface area (Å²) in [4.78, 5) is 53.6. The number of allylic oxidation sites excluding steroid dienone is 3. The van der Waals surface area contributed by atoms with Crippen molar-refractivity contribution in [3.8, 4) is 0 Å². The molecule has 0 radical (unpaired) electrons. The predicted molar refractivity (Wildman–Crippen MR) is 179 cm³/mol. The third-order valence-corrected chi connectivity index (χ3v) is 8.10. The molecule has 0 spiro atoms. The van der Waals surface area contributed by atoms with Gasteiger partial charge in [0.2, 0.25) is 11.8 Å². The van der Waals surface area contributed by atoms with Gasteiger partial charge >= 0.3 is 18.0 Å². The molecule has 2 bridgehead atoms. The van der Waals surface area contributed by atoms with Crippen LogP contribution in [-0.2, 0) is 33.3 Å². The molecule has 1 aromatic heterocycles. The van der Waals surface area contributed by atoms with Gasteiger partial charge in [-0.1, -0.05) is 62.5 Å². The number of aryl methyl sites for hydroxylation is 1. The van der Waals surface area contributed by atoms with Crippen LogP contribution in [0.3, 0.4) is 0 Å². The Hall–Kier alpha value is -3.74. The maximum Gasteiger partial charge on any atom is 0.414 e. The van der Waals surface area contributed by atoms with Gasteiger partial charge in [0, 0.05) is 19.4 Å². The Morgan fingerprint density at radius 1 is 1.17 bits per heavy atom. The predicted octanol–water partition coefficient (Wildman–Crippen LogP) is 5.89. The van der Waals surface area contributed by atoms with Crippen molar-refractivity contribution in [2.24, 2.45) is 0 Å². The van der Waals surface area contributed by atoms with Crippen molar-refractivity contribution in [2.75, 3.05) is 6.61 Å². The highest BCUT2D eigenvalue weighted by molar-refractivity contribution is 6.22. The number of alkyl halides is 1. The summed E-state index contributed by atoms with van der Waals surface area (Å²) in [6.45, 7) is 7.12. The molecule has 0 aromatic carbocycles. The topological polar surface area (TPSA) is 167 Å². The first kappa shape index (κ1) is 38.7. The van der Waals surface area contributed by atoms with E-state index in [1.54, 1.807) is 25.2 Å². The summed E-state index contributed by atoms with van der Waals surface area (Å²) in [5.41, 5.74) is 1.55. The smallest absolute Gasteiger partial charge is 0.414 e. The van der Waals surface area contributed by atoms with Crippen molar-refractivity contribution >= 4 is 47.7 Å². The van der Waals surface area contributed by atoms with E-state index < -0.39 is 53.9 Å². The molecular weight excluding hydrogens is 644 g/mol. The van der Waals surface area contributed by atoms with E-state index in [0.717, 1.165) is 50.7 Å². The van der Waals surface area contributed by atoms with Gasteiger partial charge in [-0.2, -0.15) is 0 Å². The molecule has 2 aliphatic heterocycles. The van der Waals surface area contributed by atoms with Crippen molar-refractivity contribution in [3.05, 3.63) is 53.3 Å². The number of nitrogens with zero attached hydrogens (tertiary/aromatic N) is 1. The number of aromatic nitrogens is 1. The van der Waals surface area contributed by atoms with E-state index in [-0.39, 0.29) is 12.6 Å². The average molecular weight is 691 g/mol. The van der Waals surface area contributed by atoms with Crippen LogP contribution in [-0.4, -0.2) is 76.5 Å². The molecule has 13 heteroatoms. The number of nitrogens with one attached hydrogen (secondary N) is 1. The molecule has 0 saturated carbocycles. The number of ether oxygens (including phenoxy) is 4. The molecule has 1 aromatic rings. The van der Waals surface area contributed by atoms with Crippen LogP contribution in [0.2, 0.25) is 0 Å².